The molecule has 0 bridgehead atoms. The molecule has 0 spiro atoms. The Morgan fingerprint density at radius 3 is 2.79 bits per heavy atom. The Hall–Kier alpha value is -0.720. The van der Waals surface area contributed by atoms with Gasteiger partial charge in [0, 0.05) is 25.0 Å². The van der Waals surface area contributed by atoms with Gasteiger partial charge in [-0.05, 0) is 20.3 Å². The van der Waals surface area contributed by atoms with Crippen LogP contribution in [0.3, 0.4) is 0 Å². The second kappa shape index (κ2) is 7.77. The predicted octanol–water partition coefficient (Wildman–Crippen LogP) is 0.667. The van der Waals surface area contributed by atoms with Crippen LogP contribution in [-0.2, 0) is 9.53 Å². The molecule has 19 heavy (non-hydrogen) atoms. The van der Waals surface area contributed by atoms with Gasteiger partial charge in [0.05, 0.1) is 18.2 Å². The number of ether oxygens (including phenoxy) is 1. The number of morpholine rings is 1. The zero-order valence-electron chi connectivity index (χ0n) is 12.0. The van der Waals surface area contributed by atoms with Crippen molar-refractivity contribution in [2.75, 3.05) is 19.8 Å². The quantitative estimate of drug-likeness (QED) is 0.703. The zero-order chi connectivity index (χ0) is 14.4. The monoisotopic (exact) mass is 287 g/mol. The topological polar surface area (TPSA) is 67.6 Å². The Kier molecular flexibility index (Phi) is 6.68. The molecule has 1 amide bonds. The third-order valence-electron chi connectivity index (χ3n) is 3.28. The van der Waals surface area contributed by atoms with Crippen molar-refractivity contribution in [2.24, 2.45) is 5.73 Å². The van der Waals surface area contributed by atoms with Gasteiger partial charge < -0.3 is 15.8 Å². The van der Waals surface area contributed by atoms with Gasteiger partial charge in [0.15, 0.2) is 0 Å². The minimum absolute atomic E-state index is 0.0242. The van der Waals surface area contributed by atoms with Gasteiger partial charge in [-0.3, -0.25) is 9.69 Å². The number of carbonyl (C=O) groups excluding carboxylic acids is 1. The van der Waals surface area contributed by atoms with E-state index in [0.29, 0.717) is 24.6 Å². The molecule has 0 aliphatic carbocycles. The highest BCUT2D eigenvalue weighted by atomic mass is 32.1. The molecule has 0 radical (unpaired) electrons. The molecule has 3 N–H and O–H groups in total. The highest BCUT2D eigenvalue weighted by Crippen LogP contribution is 2.17. The summed E-state index contributed by atoms with van der Waals surface area (Å²) in [7, 11) is 0. The van der Waals surface area contributed by atoms with Gasteiger partial charge in [-0.1, -0.05) is 19.1 Å². The van der Waals surface area contributed by atoms with Crippen molar-refractivity contribution in [3.63, 3.8) is 0 Å². The van der Waals surface area contributed by atoms with Crippen LogP contribution in [0.15, 0.2) is 0 Å². The van der Waals surface area contributed by atoms with Crippen molar-refractivity contribution in [3.8, 4) is 0 Å². The molecular weight excluding hydrogens is 262 g/mol. The maximum absolute atomic E-state index is 12.2. The summed E-state index contributed by atoms with van der Waals surface area (Å²) in [5.74, 6) is 0.0242. The summed E-state index contributed by atoms with van der Waals surface area (Å²) in [6, 6.07) is 0.103. The van der Waals surface area contributed by atoms with Gasteiger partial charge in [-0.15, -0.1) is 0 Å². The third-order valence-corrected chi connectivity index (χ3v) is 3.45. The minimum Gasteiger partial charge on any atom is -0.393 e. The van der Waals surface area contributed by atoms with Crippen LogP contribution in [0.4, 0.5) is 0 Å². The zero-order valence-corrected chi connectivity index (χ0v) is 12.8. The Morgan fingerprint density at radius 2 is 2.26 bits per heavy atom. The lowest BCUT2D eigenvalue weighted by molar-refractivity contribution is -0.135. The van der Waals surface area contributed by atoms with Gasteiger partial charge in [0.1, 0.15) is 6.04 Å². The fraction of sp³-hybridized carbons (Fsp3) is 0.846. The Morgan fingerprint density at radius 1 is 1.58 bits per heavy atom. The number of thiocarbonyl (C=S) groups is 1. The molecule has 2 atom stereocenters. The van der Waals surface area contributed by atoms with Crippen molar-refractivity contribution < 1.29 is 9.53 Å². The highest BCUT2D eigenvalue weighted by Gasteiger charge is 2.33. The number of nitrogens with two attached hydrogens (primary N) is 1. The number of hydrogen-bond donors (Lipinski definition) is 2. The molecule has 1 fully saturated rings. The molecular formula is C13H25N3O2S. The Labute approximate surface area is 120 Å². The molecule has 6 heteroatoms. The summed E-state index contributed by atoms with van der Waals surface area (Å²) in [6.07, 6.45) is 1.57. The van der Waals surface area contributed by atoms with Gasteiger partial charge >= 0.3 is 0 Å². The summed E-state index contributed by atoms with van der Waals surface area (Å²) < 4.78 is 5.45. The van der Waals surface area contributed by atoms with Crippen LogP contribution in [0.5, 0.6) is 0 Å². The molecule has 2 unspecified atom stereocenters. The van der Waals surface area contributed by atoms with Crippen molar-refractivity contribution in [1.82, 2.24) is 10.2 Å². The number of hydrogen-bond acceptors (Lipinski definition) is 4. The molecule has 1 saturated heterocycles. The summed E-state index contributed by atoms with van der Waals surface area (Å²) in [5, 5.41) is 2.95. The lowest BCUT2D eigenvalue weighted by atomic mass is 10.0. The van der Waals surface area contributed by atoms with E-state index < -0.39 is 0 Å². The molecule has 0 aromatic rings. The second-order valence-corrected chi connectivity index (χ2v) is 5.75. The summed E-state index contributed by atoms with van der Waals surface area (Å²) in [6.45, 7) is 7.84. The van der Waals surface area contributed by atoms with E-state index in [2.05, 4.69) is 17.1 Å². The lowest BCUT2D eigenvalue weighted by Crippen LogP contribution is -2.58. The molecule has 1 rings (SSSR count). The molecule has 0 aromatic carbocycles. The van der Waals surface area contributed by atoms with Gasteiger partial charge in [-0.25, -0.2) is 0 Å². The van der Waals surface area contributed by atoms with Gasteiger partial charge in [0.2, 0.25) is 5.91 Å². The van der Waals surface area contributed by atoms with Crippen LogP contribution in [0.2, 0.25) is 0 Å². The van der Waals surface area contributed by atoms with E-state index in [9.17, 15) is 4.79 Å². The van der Waals surface area contributed by atoms with Crippen molar-refractivity contribution in [1.29, 1.82) is 0 Å². The van der Waals surface area contributed by atoms with E-state index in [0.717, 1.165) is 13.0 Å². The maximum atomic E-state index is 12.2. The average Bonchev–Trinajstić information content (AvgIpc) is 2.35. The minimum atomic E-state index is -0.240. The Bertz CT molecular complexity index is 323. The molecule has 0 aromatic heterocycles. The smallest absolute Gasteiger partial charge is 0.239 e. The van der Waals surface area contributed by atoms with E-state index in [1.54, 1.807) is 0 Å². The van der Waals surface area contributed by atoms with Gasteiger partial charge in [-0.2, -0.15) is 0 Å². The summed E-state index contributed by atoms with van der Waals surface area (Å²) in [4.78, 5) is 14.9. The van der Waals surface area contributed by atoms with E-state index in [1.807, 2.05) is 13.8 Å². The number of rotatable bonds is 6. The lowest BCUT2D eigenvalue weighted by Gasteiger charge is -2.40. The van der Waals surface area contributed by atoms with Crippen molar-refractivity contribution >= 4 is 23.1 Å². The number of nitrogens with zero attached hydrogens (tertiary/aromatic N) is 1. The van der Waals surface area contributed by atoms with E-state index >= 15 is 0 Å². The predicted molar refractivity (Wildman–Crippen MR) is 80.1 cm³/mol. The number of nitrogens with one attached hydrogen (secondary N) is 1. The highest BCUT2D eigenvalue weighted by molar-refractivity contribution is 7.80. The SMILES string of the molecule is CCC(CC(N)=S)N1CCOCC1C(=O)NC(C)C. The molecule has 5 nitrogen and oxygen atoms in total. The first-order valence-electron chi connectivity index (χ1n) is 6.87. The van der Waals surface area contributed by atoms with E-state index in [4.69, 9.17) is 22.7 Å². The Balaban J connectivity index is 2.75. The molecule has 1 aliphatic heterocycles. The first kappa shape index (κ1) is 16.3. The number of amides is 1. The standard InChI is InChI=1S/C13H25N3O2S/c1-4-10(7-12(14)19)16-5-6-18-8-11(16)13(17)15-9(2)3/h9-11H,4-8H2,1-3H3,(H2,14,19)(H,15,17). The summed E-state index contributed by atoms with van der Waals surface area (Å²) >= 11 is 5.00. The first-order chi connectivity index (χ1) is 8.95. The molecule has 110 valence electrons. The van der Waals surface area contributed by atoms with E-state index in [1.165, 1.54) is 0 Å². The molecule has 0 saturated carbocycles. The van der Waals surface area contributed by atoms with Crippen LogP contribution in [0.25, 0.3) is 0 Å². The molecule has 1 aliphatic rings. The van der Waals surface area contributed by atoms with Crippen molar-refractivity contribution in [3.05, 3.63) is 0 Å². The average molecular weight is 287 g/mol. The normalized spacial score (nSPS) is 22.2. The van der Waals surface area contributed by atoms with E-state index in [-0.39, 0.29) is 24.0 Å². The summed E-state index contributed by atoms with van der Waals surface area (Å²) in [5.41, 5.74) is 5.65. The largest absolute Gasteiger partial charge is 0.393 e. The number of carbonyl (C=O) groups is 1. The molecule has 1 heterocycles. The van der Waals surface area contributed by atoms with Crippen molar-refractivity contribution in [2.45, 2.75) is 51.7 Å². The second-order valence-electron chi connectivity index (χ2n) is 5.22. The first-order valence-corrected chi connectivity index (χ1v) is 7.28. The fourth-order valence-corrected chi connectivity index (χ4v) is 2.58. The maximum Gasteiger partial charge on any atom is 0.239 e. The van der Waals surface area contributed by atoms with Crippen LogP contribution in [0.1, 0.15) is 33.6 Å². The van der Waals surface area contributed by atoms with Crippen LogP contribution in [0, 0.1) is 0 Å². The van der Waals surface area contributed by atoms with Crippen LogP contribution < -0.4 is 11.1 Å². The third kappa shape index (κ3) is 5.04. The fourth-order valence-electron chi connectivity index (χ4n) is 2.39. The van der Waals surface area contributed by atoms with Crippen LogP contribution in [-0.4, -0.2) is 53.7 Å². The van der Waals surface area contributed by atoms with Gasteiger partial charge in [0.25, 0.3) is 0 Å². The van der Waals surface area contributed by atoms with Crippen LogP contribution >= 0.6 is 12.2 Å².